The van der Waals surface area contributed by atoms with E-state index >= 15 is 0 Å². The maximum absolute atomic E-state index is 13.7. The van der Waals surface area contributed by atoms with E-state index in [4.69, 9.17) is 9.47 Å². The number of benzene rings is 2. The number of hydrogen-bond donors (Lipinski definition) is 2. The van der Waals surface area contributed by atoms with Gasteiger partial charge in [0.25, 0.3) is 0 Å². The van der Waals surface area contributed by atoms with E-state index in [1.54, 1.807) is 9.58 Å². The van der Waals surface area contributed by atoms with Gasteiger partial charge in [-0.1, -0.05) is 74.4 Å². The van der Waals surface area contributed by atoms with Crippen molar-refractivity contribution >= 4 is 23.6 Å². The molecule has 0 unspecified atom stereocenters. The summed E-state index contributed by atoms with van der Waals surface area (Å²) in [6.45, 7) is 7.19. The van der Waals surface area contributed by atoms with Gasteiger partial charge >= 0.3 is 6.09 Å². The number of unbranched alkanes of at least 4 members (excludes halogenated alkanes) is 2. The molecule has 4 rings (SSSR count). The summed E-state index contributed by atoms with van der Waals surface area (Å²) in [6.07, 6.45) is 4.49. The van der Waals surface area contributed by atoms with Crippen LogP contribution in [0.3, 0.4) is 0 Å². The second-order valence-electron chi connectivity index (χ2n) is 10.7. The van der Waals surface area contributed by atoms with E-state index in [2.05, 4.69) is 27.9 Å². The Bertz CT molecular complexity index is 1390. The summed E-state index contributed by atoms with van der Waals surface area (Å²) in [5, 5.41) is 14.6. The number of hydrogen-bond acceptors (Lipinski definition) is 7. The zero-order valence-electron chi connectivity index (χ0n) is 25.8. The molecule has 236 valence electrons. The molecule has 1 aliphatic heterocycles. The highest BCUT2D eigenvalue weighted by Crippen LogP contribution is 2.41. The Balaban J connectivity index is 1.47. The number of ether oxygens (including phenoxy) is 2. The first kappa shape index (κ1) is 32.7. The van der Waals surface area contributed by atoms with Gasteiger partial charge in [-0.05, 0) is 30.9 Å². The van der Waals surface area contributed by atoms with Crippen LogP contribution in [0.1, 0.15) is 64.4 Å². The van der Waals surface area contributed by atoms with Crippen molar-refractivity contribution in [2.45, 2.75) is 71.9 Å². The van der Waals surface area contributed by atoms with Gasteiger partial charge in [-0.2, -0.15) is 0 Å². The first-order valence-corrected chi connectivity index (χ1v) is 15.7. The van der Waals surface area contributed by atoms with Crippen LogP contribution in [-0.2, 0) is 32.2 Å². The van der Waals surface area contributed by atoms with Crippen molar-refractivity contribution in [2.75, 3.05) is 37.8 Å². The van der Waals surface area contributed by atoms with Gasteiger partial charge in [-0.25, -0.2) is 9.48 Å². The maximum atomic E-state index is 13.7. The Kier molecular flexibility index (Phi) is 12.7. The fourth-order valence-corrected chi connectivity index (χ4v) is 5.17. The molecule has 44 heavy (non-hydrogen) atoms. The molecule has 11 heteroatoms. The average Bonchev–Trinajstić information content (AvgIpc) is 3.44. The van der Waals surface area contributed by atoms with Gasteiger partial charge in [-0.15, -0.1) is 5.10 Å². The standard InChI is InChI=1S/C33H44N6O5/c1-3-5-10-18-35-33(42)44-23-20-39-32-26-13-7-6-12-25(26)24-38(28-15-9-8-14-27(28)31(32)36-37-39)30(41)17-11-16-29(40)34-19-22-43-21-4-2/h6-9,12-15H,3-5,10-11,16-24H2,1-2H3,(H,34,40)(H,35,42). The molecule has 11 nitrogen and oxygen atoms in total. The summed E-state index contributed by atoms with van der Waals surface area (Å²) in [7, 11) is 0. The summed E-state index contributed by atoms with van der Waals surface area (Å²) in [6, 6.07) is 15.6. The molecule has 0 bridgehead atoms. The van der Waals surface area contributed by atoms with Crippen LogP contribution in [0.4, 0.5) is 10.5 Å². The first-order chi connectivity index (χ1) is 21.5. The molecule has 0 radical (unpaired) electrons. The van der Waals surface area contributed by atoms with Crippen LogP contribution >= 0.6 is 0 Å². The predicted octanol–water partition coefficient (Wildman–Crippen LogP) is 5.09. The summed E-state index contributed by atoms with van der Waals surface area (Å²) in [4.78, 5) is 39.9. The predicted molar refractivity (Wildman–Crippen MR) is 169 cm³/mol. The number of rotatable bonds is 16. The van der Waals surface area contributed by atoms with E-state index < -0.39 is 6.09 Å². The second kappa shape index (κ2) is 17.1. The third kappa shape index (κ3) is 8.89. The molecule has 0 saturated carbocycles. The Morgan fingerprint density at radius 1 is 0.841 bits per heavy atom. The number of aromatic nitrogens is 3. The molecule has 0 saturated heterocycles. The number of alkyl carbamates (subject to hydrolysis) is 1. The van der Waals surface area contributed by atoms with E-state index in [0.29, 0.717) is 51.5 Å². The van der Waals surface area contributed by atoms with Crippen molar-refractivity contribution in [1.29, 1.82) is 0 Å². The van der Waals surface area contributed by atoms with E-state index in [1.165, 1.54) is 0 Å². The molecular formula is C33H44N6O5. The highest BCUT2D eigenvalue weighted by molar-refractivity contribution is 6.00. The average molecular weight is 605 g/mol. The molecule has 1 aliphatic rings. The van der Waals surface area contributed by atoms with Crippen molar-refractivity contribution < 1.29 is 23.9 Å². The third-order valence-corrected chi connectivity index (χ3v) is 7.38. The van der Waals surface area contributed by atoms with Gasteiger partial charge in [-0.3, -0.25) is 9.59 Å². The number of carbonyl (C=O) groups is 3. The lowest BCUT2D eigenvalue weighted by molar-refractivity contribution is -0.121. The molecule has 0 fully saturated rings. The number of amides is 3. The Morgan fingerprint density at radius 3 is 2.45 bits per heavy atom. The SMILES string of the molecule is CCCCCNC(=O)OCCn1nnc2c1-c1ccccc1CN(C(=O)CCCC(=O)NCCOCCC)c1ccccc1-2. The van der Waals surface area contributed by atoms with Crippen molar-refractivity contribution in [3.63, 3.8) is 0 Å². The van der Waals surface area contributed by atoms with Crippen molar-refractivity contribution in [2.24, 2.45) is 0 Å². The van der Waals surface area contributed by atoms with Gasteiger partial charge in [0.05, 0.1) is 31.1 Å². The van der Waals surface area contributed by atoms with Crippen LogP contribution in [0.25, 0.3) is 22.5 Å². The Hall–Kier alpha value is -4.25. The Morgan fingerprint density at radius 2 is 1.64 bits per heavy atom. The van der Waals surface area contributed by atoms with Crippen molar-refractivity contribution in [1.82, 2.24) is 25.6 Å². The molecule has 2 aromatic carbocycles. The monoisotopic (exact) mass is 604 g/mol. The number of nitrogens with one attached hydrogen (secondary N) is 2. The lowest BCUT2D eigenvalue weighted by Crippen LogP contribution is -2.32. The molecule has 3 aromatic rings. The van der Waals surface area contributed by atoms with Crippen molar-refractivity contribution in [3.05, 3.63) is 54.1 Å². The lowest BCUT2D eigenvalue weighted by Gasteiger charge is -2.28. The molecule has 0 spiro atoms. The molecule has 0 atom stereocenters. The number of fused-ring (bicyclic) bond motifs is 5. The largest absolute Gasteiger partial charge is 0.448 e. The van der Waals surface area contributed by atoms with Crippen LogP contribution in [0, 0.1) is 0 Å². The maximum Gasteiger partial charge on any atom is 0.407 e. The highest BCUT2D eigenvalue weighted by Gasteiger charge is 2.29. The fourth-order valence-electron chi connectivity index (χ4n) is 5.17. The van der Waals surface area contributed by atoms with Gasteiger partial charge in [0, 0.05) is 43.7 Å². The molecular weight excluding hydrogens is 560 g/mol. The van der Waals surface area contributed by atoms with Crippen molar-refractivity contribution in [3.8, 4) is 22.5 Å². The van der Waals surface area contributed by atoms with Crippen LogP contribution in [0.15, 0.2) is 48.5 Å². The first-order valence-electron chi connectivity index (χ1n) is 15.7. The van der Waals surface area contributed by atoms with E-state index in [0.717, 1.165) is 53.8 Å². The van der Waals surface area contributed by atoms with Crippen LogP contribution < -0.4 is 15.5 Å². The van der Waals surface area contributed by atoms with Gasteiger partial charge in [0.15, 0.2) is 0 Å². The minimum Gasteiger partial charge on any atom is -0.448 e. The number of carbonyl (C=O) groups excluding carboxylic acids is 3. The van der Waals surface area contributed by atoms with E-state index in [-0.39, 0.29) is 31.3 Å². The lowest BCUT2D eigenvalue weighted by atomic mass is 9.95. The van der Waals surface area contributed by atoms with Gasteiger partial charge < -0.3 is 25.0 Å². The molecule has 2 heterocycles. The topological polar surface area (TPSA) is 128 Å². The number of nitrogens with zero attached hydrogens (tertiary/aromatic N) is 4. The number of para-hydroxylation sites is 1. The highest BCUT2D eigenvalue weighted by atomic mass is 16.5. The minimum absolute atomic E-state index is 0.0690. The summed E-state index contributed by atoms with van der Waals surface area (Å²) in [5.74, 6) is -0.156. The molecule has 3 amide bonds. The fraction of sp³-hybridized carbons (Fsp3) is 0.485. The quantitative estimate of drug-likeness (QED) is 0.218. The summed E-state index contributed by atoms with van der Waals surface area (Å²) in [5.41, 5.74) is 4.84. The van der Waals surface area contributed by atoms with Crippen LogP contribution in [0.5, 0.6) is 0 Å². The second-order valence-corrected chi connectivity index (χ2v) is 10.7. The molecule has 1 aromatic heterocycles. The molecule has 0 aliphatic carbocycles. The van der Waals surface area contributed by atoms with Gasteiger partial charge in [0.2, 0.25) is 11.8 Å². The number of anilines is 1. The normalized spacial score (nSPS) is 11.9. The van der Waals surface area contributed by atoms with Crippen LogP contribution in [-0.4, -0.2) is 65.8 Å². The molecule has 2 N–H and O–H groups in total. The summed E-state index contributed by atoms with van der Waals surface area (Å²) >= 11 is 0. The smallest absolute Gasteiger partial charge is 0.407 e. The van der Waals surface area contributed by atoms with Gasteiger partial charge in [0.1, 0.15) is 12.3 Å². The minimum atomic E-state index is -0.442. The van der Waals surface area contributed by atoms with E-state index in [1.807, 2.05) is 55.5 Å². The zero-order chi connectivity index (χ0) is 31.1. The van der Waals surface area contributed by atoms with Crippen LogP contribution in [0.2, 0.25) is 0 Å². The Labute approximate surface area is 259 Å². The zero-order valence-corrected chi connectivity index (χ0v) is 25.8. The van der Waals surface area contributed by atoms with E-state index in [9.17, 15) is 14.4 Å². The summed E-state index contributed by atoms with van der Waals surface area (Å²) < 4.78 is 12.6. The third-order valence-electron chi connectivity index (χ3n) is 7.38.